The first-order valence-electron chi connectivity index (χ1n) is 10.2. The van der Waals surface area contributed by atoms with Gasteiger partial charge >= 0.3 is 5.97 Å². The van der Waals surface area contributed by atoms with Gasteiger partial charge in [-0.1, -0.05) is 47.5 Å². The molecular formula is C25H21Cl2NO5. The number of benzene rings is 3. The number of ether oxygens (including phenoxy) is 2. The summed E-state index contributed by atoms with van der Waals surface area (Å²) < 4.78 is 11.3. The van der Waals surface area contributed by atoms with Gasteiger partial charge in [0.15, 0.2) is 0 Å². The van der Waals surface area contributed by atoms with Crippen LogP contribution in [0.4, 0.5) is 0 Å². The quantitative estimate of drug-likeness (QED) is 0.516. The van der Waals surface area contributed by atoms with Crippen LogP contribution < -0.4 is 9.47 Å². The lowest BCUT2D eigenvalue weighted by molar-refractivity contribution is 0.0651. The molecule has 1 aliphatic heterocycles. The van der Waals surface area contributed by atoms with E-state index in [1.807, 2.05) is 6.07 Å². The zero-order valence-electron chi connectivity index (χ0n) is 18.0. The van der Waals surface area contributed by atoms with Crippen LogP contribution in [0.25, 0.3) is 0 Å². The topological polar surface area (TPSA) is 76.1 Å². The molecule has 1 heterocycles. The molecule has 1 atom stereocenters. The van der Waals surface area contributed by atoms with Gasteiger partial charge in [-0.3, -0.25) is 4.79 Å². The molecule has 170 valence electrons. The number of hydrogen-bond acceptors (Lipinski definition) is 4. The Morgan fingerprint density at radius 1 is 0.939 bits per heavy atom. The van der Waals surface area contributed by atoms with Gasteiger partial charge in [0.1, 0.15) is 11.5 Å². The van der Waals surface area contributed by atoms with Gasteiger partial charge in [0.05, 0.1) is 41.4 Å². The van der Waals surface area contributed by atoms with Crippen molar-refractivity contribution in [2.45, 2.75) is 12.5 Å². The standard InChI is InChI=1S/C25H21Cl2NO5/c1-32-19-10-11-20(33-2)21-16(19)12-13-28(23(21)17-8-5-9-18(26)22(17)27)24(29)14-6-3-4-7-15(14)25(30)31/h3-11,23H,12-13H2,1-2H3,(H,30,31). The third-order valence-corrected chi connectivity index (χ3v) is 6.66. The Morgan fingerprint density at radius 3 is 2.27 bits per heavy atom. The first-order valence-corrected chi connectivity index (χ1v) is 11.0. The maximum Gasteiger partial charge on any atom is 0.336 e. The molecule has 33 heavy (non-hydrogen) atoms. The summed E-state index contributed by atoms with van der Waals surface area (Å²) in [5, 5.41) is 10.3. The molecule has 4 rings (SSSR count). The highest BCUT2D eigenvalue weighted by molar-refractivity contribution is 6.42. The minimum Gasteiger partial charge on any atom is -0.496 e. The highest BCUT2D eigenvalue weighted by atomic mass is 35.5. The van der Waals surface area contributed by atoms with Gasteiger partial charge < -0.3 is 19.5 Å². The van der Waals surface area contributed by atoms with Crippen molar-refractivity contribution in [2.75, 3.05) is 20.8 Å². The fraction of sp³-hybridized carbons (Fsp3) is 0.200. The van der Waals surface area contributed by atoms with Crippen molar-refractivity contribution in [3.63, 3.8) is 0 Å². The van der Waals surface area contributed by atoms with Crippen LogP contribution in [0.5, 0.6) is 11.5 Å². The molecule has 1 unspecified atom stereocenters. The minimum atomic E-state index is -1.17. The lowest BCUT2D eigenvalue weighted by Crippen LogP contribution is -2.41. The molecule has 0 saturated carbocycles. The molecule has 6 nitrogen and oxygen atoms in total. The smallest absolute Gasteiger partial charge is 0.336 e. The van der Waals surface area contributed by atoms with Crippen molar-refractivity contribution in [2.24, 2.45) is 0 Å². The molecule has 1 aliphatic rings. The maximum atomic E-state index is 13.8. The van der Waals surface area contributed by atoms with E-state index in [9.17, 15) is 14.7 Å². The van der Waals surface area contributed by atoms with Crippen LogP contribution in [0.2, 0.25) is 10.0 Å². The minimum absolute atomic E-state index is 0.0677. The Hall–Kier alpha value is -3.22. The predicted molar refractivity (Wildman–Crippen MR) is 126 cm³/mol. The van der Waals surface area contributed by atoms with Crippen LogP contribution >= 0.6 is 23.2 Å². The first-order chi connectivity index (χ1) is 15.9. The van der Waals surface area contributed by atoms with Gasteiger partial charge in [0.2, 0.25) is 0 Å². The van der Waals surface area contributed by atoms with Crippen LogP contribution in [0.3, 0.4) is 0 Å². The van der Waals surface area contributed by atoms with Crippen LogP contribution in [0, 0.1) is 0 Å². The number of carboxylic acids is 1. The molecule has 0 aromatic heterocycles. The van der Waals surface area contributed by atoms with Crippen molar-refractivity contribution in [1.82, 2.24) is 4.90 Å². The summed E-state index contributed by atoms with van der Waals surface area (Å²) in [6, 6.07) is 14.3. The molecule has 3 aromatic rings. The second-order valence-corrected chi connectivity index (χ2v) is 8.29. The summed E-state index contributed by atoms with van der Waals surface area (Å²) in [6.45, 7) is 0.316. The normalized spacial score (nSPS) is 15.0. The molecule has 0 bridgehead atoms. The van der Waals surface area contributed by atoms with Crippen molar-refractivity contribution in [1.29, 1.82) is 0 Å². The Balaban J connectivity index is 1.97. The van der Waals surface area contributed by atoms with Gasteiger partial charge in [-0.05, 0) is 42.3 Å². The summed E-state index contributed by atoms with van der Waals surface area (Å²) in [5.74, 6) is -0.361. The third-order valence-electron chi connectivity index (χ3n) is 5.83. The highest BCUT2D eigenvalue weighted by Gasteiger charge is 2.38. The molecule has 0 fully saturated rings. The summed E-state index contributed by atoms with van der Waals surface area (Å²) in [5.41, 5.74) is 2.26. The second kappa shape index (κ2) is 9.33. The van der Waals surface area contributed by atoms with Crippen LogP contribution in [-0.4, -0.2) is 42.6 Å². The van der Waals surface area contributed by atoms with E-state index in [1.54, 1.807) is 55.5 Å². The molecule has 1 amide bonds. The SMILES string of the molecule is COc1ccc(OC)c2c1CCN(C(=O)c1ccccc1C(=O)O)C2c1cccc(Cl)c1Cl. The Labute approximate surface area is 201 Å². The molecule has 0 spiro atoms. The molecule has 3 aromatic carbocycles. The van der Waals surface area contributed by atoms with Crippen LogP contribution in [-0.2, 0) is 6.42 Å². The summed E-state index contributed by atoms with van der Waals surface area (Å²) in [6.07, 6.45) is 0.491. The van der Waals surface area contributed by atoms with Gasteiger partial charge in [-0.2, -0.15) is 0 Å². The van der Waals surface area contributed by atoms with E-state index < -0.39 is 17.9 Å². The Bertz CT molecular complexity index is 1240. The van der Waals surface area contributed by atoms with E-state index >= 15 is 0 Å². The van der Waals surface area contributed by atoms with Gasteiger partial charge in [-0.25, -0.2) is 4.79 Å². The monoisotopic (exact) mass is 485 g/mol. The van der Waals surface area contributed by atoms with Crippen molar-refractivity contribution in [3.05, 3.63) is 92.5 Å². The fourth-order valence-corrected chi connectivity index (χ4v) is 4.76. The zero-order valence-corrected chi connectivity index (χ0v) is 19.5. The predicted octanol–water partition coefficient (Wildman–Crippen LogP) is 5.50. The van der Waals surface area contributed by atoms with E-state index in [1.165, 1.54) is 12.1 Å². The molecule has 1 N–H and O–H groups in total. The maximum absolute atomic E-state index is 13.8. The number of methoxy groups -OCH3 is 2. The number of carbonyl (C=O) groups excluding carboxylic acids is 1. The highest BCUT2D eigenvalue weighted by Crippen LogP contribution is 2.47. The number of nitrogens with zero attached hydrogens (tertiary/aromatic N) is 1. The average molecular weight is 486 g/mol. The largest absolute Gasteiger partial charge is 0.496 e. The number of amides is 1. The average Bonchev–Trinajstić information content (AvgIpc) is 2.84. The number of hydrogen-bond donors (Lipinski definition) is 1. The lowest BCUT2D eigenvalue weighted by atomic mass is 9.86. The van der Waals surface area contributed by atoms with Crippen molar-refractivity contribution in [3.8, 4) is 11.5 Å². The van der Waals surface area contributed by atoms with Crippen LogP contribution in [0.15, 0.2) is 54.6 Å². The Kier molecular flexibility index (Phi) is 6.49. The van der Waals surface area contributed by atoms with E-state index in [2.05, 4.69) is 0 Å². The molecule has 8 heteroatoms. The van der Waals surface area contributed by atoms with E-state index in [-0.39, 0.29) is 11.1 Å². The molecule has 0 aliphatic carbocycles. The summed E-state index contributed by atoms with van der Waals surface area (Å²) in [4.78, 5) is 27.2. The second-order valence-electron chi connectivity index (χ2n) is 7.51. The lowest BCUT2D eigenvalue weighted by Gasteiger charge is -2.39. The number of carboxylic acid groups (broad SMARTS) is 1. The van der Waals surface area contributed by atoms with Crippen LogP contribution in [0.1, 0.15) is 43.4 Å². The molecular weight excluding hydrogens is 465 g/mol. The summed E-state index contributed by atoms with van der Waals surface area (Å²) in [7, 11) is 3.14. The van der Waals surface area contributed by atoms with Crippen molar-refractivity contribution >= 4 is 35.1 Å². The number of rotatable bonds is 5. The third kappa shape index (κ3) is 4.01. The van der Waals surface area contributed by atoms with E-state index in [4.69, 9.17) is 32.7 Å². The number of carbonyl (C=O) groups is 2. The van der Waals surface area contributed by atoms with Gasteiger partial charge in [-0.15, -0.1) is 0 Å². The molecule has 0 saturated heterocycles. The number of halogens is 2. The first kappa shape index (κ1) is 23.0. The van der Waals surface area contributed by atoms with Gasteiger partial charge in [0, 0.05) is 17.7 Å². The zero-order chi connectivity index (χ0) is 23.7. The molecule has 0 radical (unpaired) electrons. The van der Waals surface area contributed by atoms with E-state index in [0.29, 0.717) is 40.1 Å². The van der Waals surface area contributed by atoms with E-state index in [0.717, 1.165) is 11.1 Å². The van der Waals surface area contributed by atoms with Gasteiger partial charge in [0.25, 0.3) is 5.91 Å². The summed E-state index contributed by atoms with van der Waals surface area (Å²) >= 11 is 13.0. The number of aromatic carboxylic acids is 1. The fourth-order valence-electron chi connectivity index (χ4n) is 4.35. The van der Waals surface area contributed by atoms with Crippen molar-refractivity contribution < 1.29 is 24.2 Å². The number of fused-ring (bicyclic) bond motifs is 1. The Morgan fingerprint density at radius 2 is 1.61 bits per heavy atom.